The lowest BCUT2D eigenvalue weighted by Gasteiger charge is -2.37. The number of aromatic amines is 1. The summed E-state index contributed by atoms with van der Waals surface area (Å²) in [5, 5.41) is 2.98. The molecule has 2 N–H and O–H groups in total. The number of anilines is 1. The predicted molar refractivity (Wildman–Crippen MR) is 156 cm³/mol. The minimum atomic E-state index is -0.662. The van der Waals surface area contributed by atoms with E-state index in [0.717, 1.165) is 43.9 Å². The molecule has 216 valence electrons. The van der Waals surface area contributed by atoms with Crippen molar-refractivity contribution in [2.45, 2.75) is 78.6 Å². The summed E-state index contributed by atoms with van der Waals surface area (Å²) in [5.74, 6) is -0.234. The zero-order chi connectivity index (χ0) is 28.9. The summed E-state index contributed by atoms with van der Waals surface area (Å²) >= 11 is 0. The number of aryl methyl sites for hydroxylation is 1. The van der Waals surface area contributed by atoms with Crippen molar-refractivity contribution in [1.29, 1.82) is 0 Å². The van der Waals surface area contributed by atoms with Crippen LogP contribution in [-0.4, -0.2) is 59.8 Å². The molecule has 9 nitrogen and oxygen atoms in total. The fourth-order valence-electron chi connectivity index (χ4n) is 5.42. The average molecular weight is 551 g/mol. The van der Waals surface area contributed by atoms with Gasteiger partial charge in [-0.15, -0.1) is 0 Å². The van der Waals surface area contributed by atoms with Gasteiger partial charge in [-0.2, -0.15) is 0 Å². The van der Waals surface area contributed by atoms with Crippen molar-refractivity contribution in [3.05, 3.63) is 74.7 Å². The quantitative estimate of drug-likeness (QED) is 0.547. The fraction of sp³-hybridized carbons (Fsp3) is 0.516. The third kappa shape index (κ3) is 7.13. The fourth-order valence-corrected chi connectivity index (χ4v) is 5.42. The van der Waals surface area contributed by atoms with E-state index in [0.29, 0.717) is 41.4 Å². The van der Waals surface area contributed by atoms with Gasteiger partial charge in [0.05, 0.1) is 0 Å². The van der Waals surface area contributed by atoms with Crippen LogP contribution in [0.15, 0.2) is 41.2 Å². The molecule has 0 aliphatic carbocycles. The molecule has 0 atom stereocenters. The van der Waals surface area contributed by atoms with E-state index in [1.807, 2.05) is 51.1 Å². The van der Waals surface area contributed by atoms with E-state index in [1.54, 1.807) is 11.8 Å². The Labute approximate surface area is 236 Å². The smallest absolute Gasteiger partial charge is 0.410 e. The first-order valence-electron chi connectivity index (χ1n) is 14.2. The molecule has 2 aromatic rings. The van der Waals surface area contributed by atoms with Gasteiger partial charge >= 0.3 is 6.09 Å². The van der Waals surface area contributed by atoms with E-state index in [1.165, 1.54) is 0 Å². The van der Waals surface area contributed by atoms with Gasteiger partial charge in [0.15, 0.2) is 0 Å². The number of nitrogens with zero attached hydrogens (tertiary/aromatic N) is 2. The molecule has 40 heavy (non-hydrogen) atoms. The van der Waals surface area contributed by atoms with Gasteiger partial charge in [-0.05, 0) is 83.2 Å². The van der Waals surface area contributed by atoms with Crippen LogP contribution in [0.25, 0.3) is 0 Å². The first-order chi connectivity index (χ1) is 19.1. The molecular weight excluding hydrogens is 508 g/mol. The highest BCUT2D eigenvalue weighted by Crippen LogP contribution is 2.30. The highest BCUT2D eigenvalue weighted by atomic mass is 16.6. The molecule has 0 bridgehead atoms. The lowest BCUT2D eigenvalue weighted by molar-refractivity contribution is 0.0255. The minimum absolute atomic E-state index is 0.0422. The number of ether oxygens (including phenoxy) is 2. The van der Waals surface area contributed by atoms with Gasteiger partial charge in [-0.1, -0.05) is 18.2 Å². The maximum absolute atomic E-state index is 13.6. The first kappa shape index (κ1) is 29.4. The number of allylic oxidation sites excluding steroid dienone is 1. The number of carbonyl (C=O) groups is 2. The van der Waals surface area contributed by atoms with Crippen LogP contribution in [0.2, 0.25) is 0 Å². The Balaban J connectivity index is 1.76. The molecule has 2 aliphatic heterocycles. The van der Waals surface area contributed by atoms with Crippen LogP contribution in [0.3, 0.4) is 0 Å². The Morgan fingerprint density at radius 2 is 1.90 bits per heavy atom. The summed E-state index contributed by atoms with van der Waals surface area (Å²) in [4.78, 5) is 46.6. The Morgan fingerprint density at radius 1 is 1.15 bits per heavy atom. The number of aromatic nitrogens is 1. The summed E-state index contributed by atoms with van der Waals surface area (Å²) in [6, 6.07) is 8.02. The van der Waals surface area contributed by atoms with Gasteiger partial charge in [0, 0.05) is 67.9 Å². The molecule has 9 heteroatoms. The standard InChI is InChI=1S/C31H42N4O5/c1-6-35(23-13-16-39-17-14-23)27-12-9-11-25-24(27)10-7-8-15-34(30(38)40-31(3,4)5)20-22-18-21(2)33-29(37)26(22)19-32-28(25)36/h7-9,11-12,18,23H,6,10,13-17,19-20H2,1-5H3,(H,32,36)(H,33,37)/b8-7-. The monoisotopic (exact) mass is 550 g/mol. The van der Waals surface area contributed by atoms with Gasteiger partial charge in [-0.3, -0.25) is 9.59 Å². The molecule has 0 spiro atoms. The number of rotatable bonds is 3. The molecule has 4 rings (SSSR count). The van der Waals surface area contributed by atoms with Gasteiger partial charge in [0.25, 0.3) is 11.5 Å². The normalized spacial score (nSPS) is 17.8. The highest BCUT2D eigenvalue weighted by molar-refractivity contribution is 5.97. The molecule has 1 aromatic heterocycles. The van der Waals surface area contributed by atoms with Crippen molar-refractivity contribution < 1.29 is 19.1 Å². The molecule has 3 heterocycles. The topological polar surface area (TPSA) is 104 Å². The molecule has 2 aliphatic rings. The largest absolute Gasteiger partial charge is 0.444 e. The number of H-pyrrole nitrogens is 1. The number of carbonyl (C=O) groups excluding carboxylic acids is 2. The van der Waals surface area contributed by atoms with Crippen molar-refractivity contribution in [2.24, 2.45) is 0 Å². The number of hydrogen-bond donors (Lipinski definition) is 2. The van der Waals surface area contributed by atoms with Gasteiger partial charge < -0.3 is 29.6 Å². The van der Waals surface area contributed by atoms with Gasteiger partial charge in [0.1, 0.15) is 5.60 Å². The van der Waals surface area contributed by atoms with Gasteiger partial charge in [-0.25, -0.2) is 4.79 Å². The van der Waals surface area contributed by atoms with E-state index in [-0.39, 0.29) is 24.6 Å². The number of hydrogen-bond acceptors (Lipinski definition) is 6. The first-order valence-corrected chi connectivity index (χ1v) is 14.2. The van der Waals surface area contributed by atoms with Gasteiger partial charge in [0.2, 0.25) is 0 Å². The molecule has 1 aromatic carbocycles. The minimum Gasteiger partial charge on any atom is -0.444 e. The van der Waals surface area contributed by atoms with E-state index in [4.69, 9.17) is 9.47 Å². The van der Waals surface area contributed by atoms with Crippen LogP contribution in [-0.2, 0) is 29.0 Å². The summed E-state index contributed by atoms with van der Waals surface area (Å²) in [5.41, 5.74) is 3.37. The Kier molecular flexibility index (Phi) is 9.35. The van der Waals surface area contributed by atoms with Crippen molar-refractivity contribution >= 4 is 17.7 Å². The van der Waals surface area contributed by atoms with Crippen LogP contribution in [0.5, 0.6) is 0 Å². The summed E-state index contributed by atoms with van der Waals surface area (Å²) in [6.45, 7) is 12.2. The van der Waals surface area contributed by atoms with Crippen LogP contribution in [0.4, 0.5) is 10.5 Å². The molecule has 0 saturated carbocycles. The Hall–Kier alpha value is -3.59. The second-order valence-electron chi connectivity index (χ2n) is 11.4. The van der Waals surface area contributed by atoms with Crippen molar-refractivity contribution in [3.63, 3.8) is 0 Å². The zero-order valence-electron chi connectivity index (χ0n) is 24.3. The lowest BCUT2D eigenvalue weighted by Crippen LogP contribution is -2.40. The second-order valence-corrected chi connectivity index (χ2v) is 11.4. The Bertz CT molecular complexity index is 1300. The summed E-state index contributed by atoms with van der Waals surface area (Å²) < 4.78 is 11.3. The molecule has 0 unspecified atom stereocenters. The predicted octanol–water partition coefficient (Wildman–Crippen LogP) is 4.47. The number of amides is 2. The van der Waals surface area contributed by atoms with E-state index in [2.05, 4.69) is 28.2 Å². The van der Waals surface area contributed by atoms with E-state index in [9.17, 15) is 14.4 Å². The highest BCUT2D eigenvalue weighted by Gasteiger charge is 2.26. The summed E-state index contributed by atoms with van der Waals surface area (Å²) in [6.07, 6.45) is 5.87. The van der Waals surface area contributed by atoms with Crippen molar-refractivity contribution in [3.8, 4) is 0 Å². The number of nitrogens with one attached hydrogen (secondary N) is 2. The van der Waals surface area contributed by atoms with Crippen molar-refractivity contribution in [2.75, 3.05) is 31.2 Å². The molecular formula is C31H42N4O5. The maximum Gasteiger partial charge on any atom is 0.410 e. The number of benzene rings is 1. The zero-order valence-corrected chi connectivity index (χ0v) is 24.3. The van der Waals surface area contributed by atoms with Crippen LogP contribution >= 0.6 is 0 Å². The number of fused-ring (bicyclic) bond motifs is 2. The second kappa shape index (κ2) is 12.7. The average Bonchev–Trinajstić information content (AvgIpc) is 2.90. The van der Waals surface area contributed by atoms with Crippen LogP contribution in [0, 0.1) is 6.92 Å². The maximum atomic E-state index is 13.6. The van der Waals surface area contributed by atoms with Crippen LogP contribution < -0.4 is 15.8 Å². The summed E-state index contributed by atoms with van der Waals surface area (Å²) in [7, 11) is 0. The van der Waals surface area contributed by atoms with Crippen LogP contribution in [0.1, 0.15) is 73.3 Å². The molecule has 1 fully saturated rings. The third-order valence-corrected chi connectivity index (χ3v) is 7.29. The molecule has 1 saturated heterocycles. The van der Waals surface area contributed by atoms with Crippen molar-refractivity contribution in [1.82, 2.24) is 15.2 Å². The third-order valence-electron chi connectivity index (χ3n) is 7.29. The van der Waals surface area contributed by atoms with E-state index < -0.39 is 11.7 Å². The SMILES string of the molecule is CCN(c1cccc2c1C/C=C\CN(C(=O)OC(C)(C)C)Cc1cc(C)[nH]c(=O)c1CNC2=O)C1CCOCC1. The number of pyridine rings is 1. The van der Waals surface area contributed by atoms with E-state index >= 15 is 0 Å². The lowest BCUT2D eigenvalue weighted by atomic mass is 9.97. The molecule has 2 amide bonds. The molecule has 0 radical (unpaired) electrons. The Morgan fingerprint density at radius 3 is 2.60 bits per heavy atom.